The van der Waals surface area contributed by atoms with Crippen LogP contribution in [0.3, 0.4) is 0 Å². The van der Waals surface area contributed by atoms with Crippen LogP contribution in [0.5, 0.6) is 11.5 Å². The van der Waals surface area contributed by atoms with Crippen molar-refractivity contribution in [3.63, 3.8) is 0 Å². The number of aryl methyl sites for hydroxylation is 1. The van der Waals surface area contributed by atoms with E-state index in [9.17, 15) is 24.0 Å². The third-order valence-corrected chi connectivity index (χ3v) is 9.03. The van der Waals surface area contributed by atoms with Gasteiger partial charge in [-0.25, -0.2) is 0 Å². The number of amides is 5. The van der Waals surface area contributed by atoms with Gasteiger partial charge in [0, 0.05) is 25.4 Å². The molecule has 0 saturated carbocycles. The highest BCUT2D eigenvalue weighted by Gasteiger charge is 2.32. The molecule has 272 valence electrons. The smallest absolute Gasteiger partial charge is 0.257 e. The molecule has 0 spiro atoms. The first-order chi connectivity index (χ1) is 24.1. The SMILES string of the molecule is COc1ccc2cc1OCC(=O)NCCC[C@H](NC(=O)C1CCNCC1)C(=O)N[C@@H](Cc1ccccc1)C(=O)N[C@H](C(C)C)C(=O)NCCC2. The van der Waals surface area contributed by atoms with Gasteiger partial charge in [-0.3, -0.25) is 24.0 Å². The minimum Gasteiger partial charge on any atom is -0.493 e. The number of hydrogen-bond acceptors (Lipinski definition) is 8. The molecule has 0 unspecified atom stereocenters. The second-order valence-corrected chi connectivity index (χ2v) is 13.2. The minimum atomic E-state index is -1.02. The molecule has 5 amide bonds. The van der Waals surface area contributed by atoms with Crippen LogP contribution < -0.4 is 41.4 Å². The zero-order valence-corrected chi connectivity index (χ0v) is 29.3. The number of hydrogen-bond donors (Lipinski definition) is 6. The van der Waals surface area contributed by atoms with Crippen LogP contribution in [0.2, 0.25) is 0 Å². The Hall–Kier alpha value is -4.65. The Morgan fingerprint density at radius 3 is 2.34 bits per heavy atom. The lowest BCUT2D eigenvalue weighted by atomic mass is 9.96. The zero-order chi connectivity index (χ0) is 35.9. The molecular weight excluding hydrogens is 640 g/mol. The van der Waals surface area contributed by atoms with E-state index in [0.29, 0.717) is 63.2 Å². The molecule has 2 aliphatic heterocycles. The number of benzene rings is 2. The van der Waals surface area contributed by atoms with Crippen molar-refractivity contribution in [3.8, 4) is 11.5 Å². The van der Waals surface area contributed by atoms with Crippen LogP contribution in [-0.4, -0.2) is 87.6 Å². The summed E-state index contributed by atoms with van der Waals surface area (Å²) in [4.78, 5) is 67.1. The number of methoxy groups -OCH3 is 1. The summed E-state index contributed by atoms with van der Waals surface area (Å²) in [5, 5.41) is 17.7. The summed E-state index contributed by atoms with van der Waals surface area (Å²) in [5.41, 5.74) is 1.77. The first-order valence-electron chi connectivity index (χ1n) is 17.6. The fourth-order valence-electron chi connectivity index (χ4n) is 6.09. The Labute approximate surface area is 294 Å². The summed E-state index contributed by atoms with van der Waals surface area (Å²) in [5.74, 6) is -1.45. The van der Waals surface area contributed by atoms with Crippen molar-refractivity contribution in [3.05, 3.63) is 59.7 Å². The predicted molar refractivity (Wildman–Crippen MR) is 188 cm³/mol. The summed E-state index contributed by atoms with van der Waals surface area (Å²) in [7, 11) is 1.52. The number of rotatable bonds is 6. The summed E-state index contributed by atoms with van der Waals surface area (Å²) >= 11 is 0. The van der Waals surface area contributed by atoms with E-state index in [0.717, 1.165) is 11.1 Å². The Kier molecular flexibility index (Phi) is 14.9. The van der Waals surface area contributed by atoms with E-state index < -0.39 is 29.9 Å². The van der Waals surface area contributed by atoms with Crippen LogP contribution in [0, 0.1) is 11.8 Å². The second kappa shape index (κ2) is 19.5. The monoisotopic (exact) mass is 692 g/mol. The van der Waals surface area contributed by atoms with E-state index in [1.807, 2.05) is 56.3 Å². The molecular formula is C37H52N6O7. The van der Waals surface area contributed by atoms with Gasteiger partial charge in [-0.05, 0) is 80.8 Å². The maximum Gasteiger partial charge on any atom is 0.257 e. The summed E-state index contributed by atoms with van der Waals surface area (Å²) in [6.07, 6.45) is 3.33. The molecule has 1 fully saturated rings. The van der Waals surface area contributed by atoms with Gasteiger partial charge < -0.3 is 41.4 Å². The molecule has 2 aromatic rings. The summed E-state index contributed by atoms with van der Waals surface area (Å²) < 4.78 is 11.2. The van der Waals surface area contributed by atoms with Crippen molar-refractivity contribution >= 4 is 29.5 Å². The van der Waals surface area contributed by atoms with Crippen molar-refractivity contribution in [2.45, 2.75) is 76.9 Å². The van der Waals surface area contributed by atoms with Crippen LogP contribution in [0.25, 0.3) is 0 Å². The number of carbonyl (C=O) groups is 5. The summed E-state index contributed by atoms with van der Waals surface area (Å²) in [6.45, 7) is 5.49. The number of carbonyl (C=O) groups excluding carboxylic acids is 5. The van der Waals surface area contributed by atoms with E-state index in [1.165, 1.54) is 7.11 Å². The number of nitrogens with one attached hydrogen (secondary N) is 6. The molecule has 0 radical (unpaired) electrons. The van der Waals surface area contributed by atoms with Gasteiger partial charge in [0.1, 0.15) is 18.1 Å². The second-order valence-electron chi connectivity index (χ2n) is 13.2. The molecule has 1 saturated heterocycles. The van der Waals surface area contributed by atoms with Gasteiger partial charge in [0.2, 0.25) is 23.6 Å². The van der Waals surface area contributed by atoms with Crippen molar-refractivity contribution in [1.29, 1.82) is 0 Å². The molecule has 2 bridgehead atoms. The van der Waals surface area contributed by atoms with Crippen LogP contribution in [0.1, 0.15) is 57.1 Å². The van der Waals surface area contributed by atoms with Gasteiger partial charge in [0.25, 0.3) is 5.91 Å². The number of fused-ring (bicyclic) bond motifs is 2. The molecule has 50 heavy (non-hydrogen) atoms. The topological polar surface area (TPSA) is 176 Å². The molecule has 0 aliphatic carbocycles. The quantitative estimate of drug-likeness (QED) is 0.263. The van der Waals surface area contributed by atoms with Crippen molar-refractivity contribution < 1.29 is 33.4 Å². The Morgan fingerprint density at radius 1 is 0.880 bits per heavy atom. The van der Waals surface area contributed by atoms with Gasteiger partial charge >= 0.3 is 0 Å². The Bertz CT molecular complexity index is 1450. The maximum atomic E-state index is 13.9. The lowest BCUT2D eigenvalue weighted by Gasteiger charge is -2.28. The molecule has 6 N–H and O–H groups in total. The summed E-state index contributed by atoms with van der Waals surface area (Å²) in [6, 6.07) is 12.0. The fourth-order valence-corrected chi connectivity index (χ4v) is 6.09. The third kappa shape index (κ3) is 11.7. The minimum absolute atomic E-state index is 0.180. The molecule has 13 nitrogen and oxygen atoms in total. The van der Waals surface area contributed by atoms with E-state index in [1.54, 1.807) is 6.07 Å². The van der Waals surface area contributed by atoms with E-state index in [2.05, 4.69) is 31.9 Å². The van der Waals surface area contributed by atoms with E-state index in [-0.39, 0.29) is 55.6 Å². The zero-order valence-electron chi connectivity index (χ0n) is 29.3. The largest absolute Gasteiger partial charge is 0.493 e. The van der Waals surface area contributed by atoms with E-state index in [4.69, 9.17) is 9.47 Å². The molecule has 13 heteroatoms. The Morgan fingerprint density at radius 2 is 1.62 bits per heavy atom. The molecule has 4 rings (SSSR count). The molecule has 0 aromatic heterocycles. The highest BCUT2D eigenvalue weighted by molar-refractivity contribution is 5.94. The van der Waals surface area contributed by atoms with Crippen molar-refractivity contribution in [1.82, 2.24) is 31.9 Å². The lowest BCUT2D eigenvalue weighted by molar-refractivity contribution is -0.135. The van der Waals surface area contributed by atoms with Gasteiger partial charge in [-0.1, -0.05) is 50.2 Å². The standard InChI is InChI=1S/C37H52N6O7/c1-24(2)33-37(48)40-18-7-11-26-13-14-30(49-3)31(22-26)50-23-32(44)39-17-8-12-28(41-34(45)27-15-19-38-20-16-27)35(46)42-29(36(47)43-33)21-25-9-5-4-6-10-25/h4-6,9-10,13-14,22,24,27-29,33,38H,7-8,11-12,15-21,23H2,1-3H3,(H,39,44)(H,40,48)(H,41,45)(H,42,46)(H,43,47)/t28-,29-,33+/m0/s1. The molecule has 2 aromatic carbocycles. The Balaban J connectivity index is 1.58. The van der Waals surface area contributed by atoms with E-state index >= 15 is 0 Å². The first-order valence-corrected chi connectivity index (χ1v) is 17.6. The normalized spacial score (nSPS) is 22.4. The van der Waals surface area contributed by atoms with Crippen LogP contribution in [0.4, 0.5) is 0 Å². The number of ether oxygens (including phenoxy) is 2. The highest BCUT2D eigenvalue weighted by Crippen LogP contribution is 2.28. The van der Waals surface area contributed by atoms with Crippen molar-refractivity contribution in [2.75, 3.05) is 39.9 Å². The highest BCUT2D eigenvalue weighted by atomic mass is 16.5. The maximum absolute atomic E-state index is 13.9. The number of piperidine rings is 1. The third-order valence-electron chi connectivity index (χ3n) is 9.03. The molecule has 2 heterocycles. The van der Waals surface area contributed by atoms with Crippen molar-refractivity contribution in [2.24, 2.45) is 11.8 Å². The lowest BCUT2D eigenvalue weighted by Crippen LogP contribution is -2.58. The van der Waals surface area contributed by atoms with Gasteiger partial charge in [-0.2, -0.15) is 0 Å². The predicted octanol–water partition coefficient (Wildman–Crippen LogP) is 1.39. The average molecular weight is 693 g/mol. The van der Waals surface area contributed by atoms with Gasteiger partial charge in [-0.15, -0.1) is 0 Å². The molecule has 2 aliphatic rings. The first kappa shape index (κ1) is 38.2. The van der Waals surface area contributed by atoms with Gasteiger partial charge in [0.15, 0.2) is 18.1 Å². The van der Waals surface area contributed by atoms with Crippen LogP contribution in [0.15, 0.2) is 48.5 Å². The average Bonchev–Trinajstić information content (AvgIpc) is 3.12. The molecule has 3 atom stereocenters. The fraction of sp³-hybridized carbons (Fsp3) is 0.541. The van der Waals surface area contributed by atoms with Crippen LogP contribution >= 0.6 is 0 Å². The van der Waals surface area contributed by atoms with Crippen LogP contribution in [-0.2, 0) is 36.8 Å². The van der Waals surface area contributed by atoms with Gasteiger partial charge in [0.05, 0.1) is 7.11 Å².